The van der Waals surface area contributed by atoms with Gasteiger partial charge in [-0.05, 0) is 12.8 Å². The van der Waals surface area contributed by atoms with Crippen LogP contribution in [-0.2, 0) is 14.8 Å². The number of hydrogen-bond acceptors (Lipinski definition) is 3. The van der Waals surface area contributed by atoms with Crippen LogP contribution in [0.5, 0.6) is 0 Å². The normalized spacial score (nSPS) is 20.8. The van der Waals surface area contributed by atoms with E-state index >= 15 is 0 Å². The van der Waals surface area contributed by atoms with Crippen molar-refractivity contribution in [2.75, 3.05) is 6.54 Å². The zero-order chi connectivity index (χ0) is 14.7. The Hall–Kier alpha value is -0.830. The maximum Gasteiger partial charge on any atom is 0.511 e. The van der Waals surface area contributed by atoms with Crippen LogP contribution < -0.4 is 4.72 Å². The van der Waals surface area contributed by atoms with Gasteiger partial charge >= 0.3 is 21.5 Å². The van der Waals surface area contributed by atoms with Crippen LogP contribution in [0.3, 0.4) is 0 Å². The molecule has 0 amide bonds. The van der Waals surface area contributed by atoms with Gasteiger partial charge in [-0.15, -0.1) is 0 Å². The fourth-order valence-corrected chi connectivity index (χ4v) is 2.82. The topological polar surface area (TPSA) is 83.5 Å². The second kappa shape index (κ2) is 5.66. The Bertz CT molecular complexity index is 425. The first-order valence-corrected chi connectivity index (χ1v) is 7.38. The number of hydrogen-bond donors (Lipinski definition) is 2. The van der Waals surface area contributed by atoms with Crippen LogP contribution in [0, 0.1) is 5.41 Å². The van der Waals surface area contributed by atoms with Crippen LogP contribution in [-0.4, -0.2) is 31.5 Å². The predicted molar refractivity (Wildman–Crippen MR) is 60.7 cm³/mol. The van der Waals surface area contributed by atoms with Gasteiger partial charge in [-0.25, -0.2) is 13.1 Å². The van der Waals surface area contributed by atoms with E-state index in [1.165, 1.54) is 4.72 Å². The van der Waals surface area contributed by atoms with Crippen LogP contribution in [0.15, 0.2) is 0 Å². The molecule has 1 saturated carbocycles. The number of aliphatic carboxylic acids is 1. The van der Waals surface area contributed by atoms with E-state index < -0.39 is 33.5 Å². The predicted octanol–water partition coefficient (Wildman–Crippen LogP) is 1.85. The fraction of sp³-hybridized carbons (Fsp3) is 0.900. The van der Waals surface area contributed by atoms with Gasteiger partial charge in [0.1, 0.15) is 0 Å². The number of rotatable bonds is 4. The average Bonchev–Trinajstić information content (AvgIpc) is 2.51. The molecule has 0 bridgehead atoms. The van der Waals surface area contributed by atoms with Crippen molar-refractivity contribution in [1.29, 1.82) is 0 Å². The number of carboxylic acid groups (broad SMARTS) is 1. The van der Waals surface area contributed by atoms with Crippen molar-refractivity contribution in [3.8, 4) is 0 Å². The van der Waals surface area contributed by atoms with Gasteiger partial charge in [-0.2, -0.15) is 13.2 Å². The summed E-state index contributed by atoms with van der Waals surface area (Å²) in [6.07, 6.45) is 3.12. The van der Waals surface area contributed by atoms with Gasteiger partial charge in [0, 0.05) is 6.54 Å². The van der Waals surface area contributed by atoms with E-state index in [4.69, 9.17) is 0 Å². The Morgan fingerprint density at radius 2 is 1.63 bits per heavy atom. The minimum Gasteiger partial charge on any atom is -0.481 e. The Labute approximate surface area is 109 Å². The Balaban J connectivity index is 2.83. The monoisotopic (exact) mass is 303 g/mol. The molecule has 0 atom stereocenters. The number of nitrogens with one attached hydrogen (secondary N) is 1. The summed E-state index contributed by atoms with van der Waals surface area (Å²) in [5.41, 5.74) is -6.85. The van der Waals surface area contributed by atoms with Crippen molar-refractivity contribution >= 4 is 16.0 Å². The molecular formula is C10H16F3NO4S. The molecule has 9 heteroatoms. The van der Waals surface area contributed by atoms with Crippen LogP contribution >= 0.6 is 0 Å². The molecule has 0 spiro atoms. The molecule has 0 unspecified atom stereocenters. The molecule has 5 nitrogen and oxygen atoms in total. The van der Waals surface area contributed by atoms with Crippen molar-refractivity contribution in [3.05, 3.63) is 0 Å². The average molecular weight is 303 g/mol. The maximum absolute atomic E-state index is 12.2. The van der Waals surface area contributed by atoms with Crippen molar-refractivity contribution in [2.24, 2.45) is 5.41 Å². The molecule has 0 radical (unpaired) electrons. The summed E-state index contributed by atoms with van der Waals surface area (Å²) >= 11 is 0. The minimum absolute atomic E-state index is 0.183. The Morgan fingerprint density at radius 1 is 1.16 bits per heavy atom. The molecule has 2 N–H and O–H groups in total. The van der Waals surface area contributed by atoms with E-state index in [-0.39, 0.29) is 12.8 Å². The van der Waals surface area contributed by atoms with Crippen LogP contribution in [0.25, 0.3) is 0 Å². The summed E-state index contributed by atoms with van der Waals surface area (Å²) in [5, 5.41) is 9.20. The number of carboxylic acids is 1. The Kier molecular flexibility index (Phi) is 4.83. The number of carbonyl (C=O) groups is 1. The molecule has 0 aromatic rings. The lowest BCUT2D eigenvalue weighted by atomic mass is 9.80. The summed E-state index contributed by atoms with van der Waals surface area (Å²) in [6, 6.07) is 0. The van der Waals surface area contributed by atoms with Gasteiger partial charge in [0.2, 0.25) is 0 Å². The first-order chi connectivity index (χ1) is 8.61. The SMILES string of the molecule is O=C(O)C1(CNS(=O)(=O)C(F)(F)F)CCCCCC1. The molecule has 0 saturated heterocycles. The lowest BCUT2D eigenvalue weighted by Gasteiger charge is -2.28. The molecule has 1 rings (SSSR count). The third-order valence-corrected chi connectivity index (χ3v) is 4.55. The smallest absolute Gasteiger partial charge is 0.481 e. The van der Waals surface area contributed by atoms with Crippen molar-refractivity contribution in [3.63, 3.8) is 0 Å². The molecule has 1 aliphatic carbocycles. The third kappa shape index (κ3) is 3.82. The van der Waals surface area contributed by atoms with Crippen molar-refractivity contribution in [2.45, 2.75) is 44.0 Å². The summed E-state index contributed by atoms with van der Waals surface area (Å²) < 4.78 is 59.8. The van der Waals surface area contributed by atoms with Crippen molar-refractivity contribution < 1.29 is 31.5 Å². The number of halogens is 3. The lowest BCUT2D eigenvalue weighted by Crippen LogP contribution is -2.46. The first kappa shape index (κ1) is 16.2. The molecule has 0 heterocycles. The van der Waals surface area contributed by atoms with Crippen LogP contribution in [0.4, 0.5) is 13.2 Å². The zero-order valence-electron chi connectivity index (χ0n) is 10.2. The Morgan fingerprint density at radius 3 is 2.00 bits per heavy atom. The molecule has 1 aliphatic rings. The fourth-order valence-electron chi connectivity index (χ4n) is 2.19. The van der Waals surface area contributed by atoms with E-state index in [0.29, 0.717) is 12.8 Å². The van der Waals surface area contributed by atoms with Gasteiger partial charge < -0.3 is 5.11 Å². The summed E-state index contributed by atoms with van der Waals surface area (Å²) in [5.74, 6) is -1.25. The summed E-state index contributed by atoms with van der Waals surface area (Å²) in [4.78, 5) is 11.3. The van der Waals surface area contributed by atoms with E-state index in [2.05, 4.69) is 0 Å². The van der Waals surface area contributed by atoms with Gasteiger partial charge in [0.05, 0.1) is 5.41 Å². The van der Waals surface area contributed by atoms with E-state index in [9.17, 15) is 31.5 Å². The molecule has 0 aromatic carbocycles. The molecule has 0 aliphatic heterocycles. The van der Waals surface area contributed by atoms with Crippen molar-refractivity contribution in [1.82, 2.24) is 4.72 Å². The highest BCUT2D eigenvalue weighted by Crippen LogP contribution is 2.35. The van der Waals surface area contributed by atoms with Gasteiger partial charge in [-0.3, -0.25) is 4.79 Å². The summed E-state index contributed by atoms with van der Waals surface area (Å²) in [7, 11) is -5.49. The maximum atomic E-state index is 12.2. The van der Waals surface area contributed by atoms with Gasteiger partial charge in [0.15, 0.2) is 0 Å². The first-order valence-electron chi connectivity index (χ1n) is 5.90. The quantitative estimate of drug-likeness (QED) is 0.776. The highest BCUT2D eigenvalue weighted by atomic mass is 32.2. The standard InChI is InChI=1S/C10H16F3NO4S/c11-10(12,13)19(17,18)14-7-9(8(15)16)5-3-1-2-4-6-9/h14H,1-7H2,(H,15,16). The largest absolute Gasteiger partial charge is 0.511 e. The van der Waals surface area contributed by atoms with Gasteiger partial charge in [-0.1, -0.05) is 25.7 Å². The third-order valence-electron chi connectivity index (χ3n) is 3.42. The number of alkyl halides is 3. The second-order valence-electron chi connectivity index (χ2n) is 4.77. The van der Waals surface area contributed by atoms with E-state index in [1.807, 2.05) is 0 Å². The highest BCUT2D eigenvalue weighted by molar-refractivity contribution is 7.90. The number of sulfonamides is 1. The molecule has 1 fully saturated rings. The molecule has 0 aromatic heterocycles. The van der Waals surface area contributed by atoms with Crippen LogP contribution in [0.1, 0.15) is 38.5 Å². The molecule has 19 heavy (non-hydrogen) atoms. The summed E-state index contributed by atoms with van der Waals surface area (Å²) in [6.45, 7) is -0.718. The van der Waals surface area contributed by atoms with E-state index in [1.54, 1.807) is 0 Å². The van der Waals surface area contributed by atoms with E-state index in [0.717, 1.165) is 12.8 Å². The van der Waals surface area contributed by atoms with Gasteiger partial charge in [0.25, 0.3) is 0 Å². The molecular weight excluding hydrogens is 287 g/mol. The molecule has 112 valence electrons. The zero-order valence-corrected chi connectivity index (χ0v) is 11.0. The lowest BCUT2D eigenvalue weighted by molar-refractivity contribution is -0.149. The minimum atomic E-state index is -5.49. The second-order valence-corrected chi connectivity index (χ2v) is 6.53. The highest BCUT2D eigenvalue weighted by Gasteiger charge is 2.48. The van der Waals surface area contributed by atoms with Crippen LogP contribution in [0.2, 0.25) is 0 Å².